The topological polar surface area (TPSA) is 91.1 Å². The summed E-state index contributed by atoms with van der Waals surface area (Å²) >= 11 is 3.77. The Labute approximate surface area is 146 Å². The molecular weight excluding hydrogens is 415 g/mol. The number of nitrogens with zero attached hydrogens (tertiary/aromatic N) is 2. The molecule has 1 fully saturated rings. The van der Waals surface area contributed by atoms with Crippen molar-refractivity contribution in [3.8, 4) is 0 Å². The molecule has 128 valence electrons. The van der Waals surface area contributed by atoms with Gasteiger partial charge in [-0.05, 0) is 22.0 Å². The number of thioether (sulfide) groups is 1. The van der Waals surface area contributed by atoms with E-state index in [1.807, 2.05) is 0 Å². The molecule has 11 heteroatoms. The highest BCUT2D eigenvalue weighted by Gasteiger charge is 2.33. The number of halogens is 4. The van der Waals surface area contributed by atoms with Crippen molar-refractivity contribution in [2.45, 2.75) is 17.8 Å². The van der Waals surface area contributed by atoms with Gasteiger partial charge in [0.2, 0.25) is 5.91 Å². The van der Waals surface area contributed by atoms with Crippen molar-refractivity contribution in [3.05, 3.63) is 33.8 Å². The number of hydrogen-bond donors (Lipinski definition) is 2. The van der Waals surface area contributed by atoms with Crippen molar-refractivity contribution in [2.24, 2.45) is 10.2 Å². The van der Waals surface area contributed by atoms with Crippen LogP contribution in [-0.2, 0) is 15.8 Å². The summed E-state index contributed by atoms with van der Waals surface area (Å²) in [4.78, 5) is 22.1. The van der Waals surface area contributed by atoms with Crippen molar-refractivity contribution < 1.29 is 27.9 Å². The number of alkyl halides is 3. The first-order valence-electron chi connectivity index (χ1n) is 6.34. The zero-order chi connectivity index (χ0) is 17.9. The average Bonchev–Trinajstić information content (AvgIpc) is 2.79. The van der Waals surface area contributed by atoms with Gasteiger partial charge in [0.15, 0.2) is 5.17 Å². The maximum atomic E-state index is 12.8. The Hall–Kier alpha value is -1.88. The van der Waals surface area contributed by atoms with Crippen molar-refractivity contribution in [1.29, 1.82) is 0 Å². The Bertz CT molecular complexity index is 737. The van der Waals surface area contributed by atoms with E-state index >= 15 is 0 Å². The first-order valence-corrected chi connectivity index (χ1v) is 8.02. The monoisotopic (exact) mass is 423 g/mol. The number of amidine groups is 1. The quantitative estimate of drug-likeness (QED) is 0.575. The second kappa shape index (κ2) is 7.34. The van der Waals surface area contributed by atoms with Gasteiger partial charge < -0.3 is 10.4 Å². The third-order valence-corrected chi connectivity index (χ3v) is 4.77. The van der Waals surface area contributed by atoms with Crippen LogP contribution in [0, 0.1) is 0 Å². The zero-order valence-corrected chi connectivity index (χ0v) is 14.1. The van der Waals surface area contributed by atoms with E-state index in [4.69, 9.17) is 5.11 Å². The van der Waals surface area contributed by atoms with Crippen molar-refractivity contribution in [1.82, 2.24) is 5.32 Å². The van der Waals surface area contributed by atoms with Crippen LogP contribution in [0.25, 0.3) is 0 Å². The minimum absolute atomic E-state index is 0.0885. The number of carbonyl (C=O) groups is 2. The lowest BCUT2D eigenvalue weighted by atomic mass is 10.1. The van der Waals surface area contributed by atoms with Crippen molar-refractivity contribution in [2.75, 3.05) is 0 Å². The Morgan fingerprint density at radius 1 is 1.46 bits per heavy atom. The van der Waals surface area contributed by atoms with E-state index in [1.165, 1.54) is 12.1 Å². The van der Waals surface area contributed by atoms with E-state index in [1.54, 1.807) is 0 Å². The van der Waals surface area contributed by atoms with E-state index in [2.05, 4.69) is 31.4 Å². The third kappa shape index (κ3) is 4.57. The van der Waals surface area contributed by atoms with Gasteiger partial charge in [-0.25, -0.2) is 0 Å². The predicted molar refractivity (Wildman–Crippen MR) is 85.9 cm³/mol. The van der Waals surface area contributed by atoms with Crippen LogP contribution in [0.4, 0.5) is 13.2 Å². The molecule has 0 radical (unpaired) electrons. The summed E-state index contributed by atoms with van der Waals surface area (Å²) in [6.45, 7) is 0. The molecule has 1 aliphatic heterocycles. The number of amides is 1. The van der Waals surface area contributed by atoms with Crippen molar-refractivity contribution >= 4 is 51.0 Å². The number of nitrogens with one attached hydrogen (secondary N) is 1. The third-order valence-electron chi connectivity index (χ3n) is 2.82. The van der Waals surface area contributed by atoms with Crippen molar-refractivity contribution in [3.63, 3.8) is 0 Å². The van der Waals surface area contributed by atoms with Crippen LogP contribution in [-0.4, -0.2) is 33.6 Å². The van der Waals surface area contributed by atoms with Gasteiger partial charge in [0.1, 0.15) is 5.25 Å². The van der Waals surface area contributed by atoms with E-state index in [0.29, 0.717) is 0 Å². The minimum Gasteiger partial charge on any atom is -0.481 e. The number of aliphatic carboxylic acids is 1. The number of benzene rings is 1. The van der Waals surface area contributed by atoms with Gasteiger partial charge in [-0.15, -0.1) is 5.10 Å². The van der Waals surface area contributed by atoms with Crippen LogP contribution in [0.3, 0.4) is 0 Å². The van der Waals surface area contributed by atoms with E-state index < -0.39 is 28.9 Å². The Kier molecular flexibility index (Phi) is 5.65. The molecule has 0 saturated carbocycles. The van der Waals surface area contributed by atoms with E-state index in [-0.39, 0.29) is 21.6 Å². The molecule has 24 heavy (non-hydrogen) atoms. The molecule has 1 aromatic rings. The zero-order valence-electron chi connectivity index (χ0n) is 11.7. The van der Waals surface area contributed by atoms with Crippen LogP contribution < -0.4 is 5.32 Å². The highest BCUT2D eigenvalue weighted by molar-refractivity contribution is 9.10. The normalized spacial score (nSPS) is 19.9. The number of rotatable bonds is 4. The molecule has 1 atom stereocenters. The first-order chi connectivity index (χ1) is 11.2. The molecule has 0 bridgehead atoms. The van der Waals surface area contributed by atoms with Gasteiger partial charge in [0.25, 0.3) is 0 Å². The highest BCUT2D eigenvalue weighted by Crippen LogP contribution is 2.35. The van der Waals surface area contributed by atoms with Gasteiger partial charge in [-0.3, -0.25) is 9.59 Å². The van der Waals surface area contributed by atoms with Crippen LogP contribution in [0.2, 0.25) is 0 Å². The van der Waals surface area contributed by atoms with Gasteiger partial charge in [0.05, 0.1) is 18.2 Å². The number of carboxylic acids is 1. The standard InChI is InChI=1S/C13H9BrF3N3O3S/c14-10-6(2-1-3-7(10)13(15,16)17)5-18-20-12-19-11(23)8(24-12)4-9(21)22/h1-3,5,8H,4H2,(H,21,22)(H,19,20,23). The van der Waals surface area contributed by atoms with Gasteiger partial charge in [0, 0.05) is 10.0 Å². The molecule has 1 aromatic carbocycles. The van der Waals surface area contributed by atoms with E-state index in [9.17, 15) is 22.8 Å². The largest absolute Gasteiger partial charge is 0.481 e. The van der Waals surface area contributed by atoms with Crippen LogP contribution in [0.5, 0.6) is 0 Å². The minimum atomic E-state index is -4.51. The second-order valence-corrected chi connectivity index (χ2v) is 6.53. The molecule has 0 aliphatic carbocycles. The van der Waals surface area contributed by atoms with E-state index in [0.717, 1.165) is 24.0 Å². The Morgan fingerprint density at radius 2 is 2.17 bits per heavy atom. The molecule has 1 saturated heterocycles. The molecular formula is C13H9BrF3N3O3S. The number of carbonyl (C=O) groups excluding carboxylic acids is 1. The fourth-order valence-corrected chi connectivity index (χ4v) is 3.26. The molecule has 2 N–H and O–H groups in total. The summed E-state index contributed by atoms with van der Waals surface area (Å²) in [5, 5.41) is 17.6. The van der Waals surface area contributed by atoms with Gasteiger partial charge in [-0.2, -0.15) is 18.3 Å². The van der Waals surface area contributed by atoms with Crippen LogP contribution in [0.15, 0.2) is 32.9 Å². The SMILES string of the molecule is O=C(O)CC1SC(=NN=Cc2cccc(C(F)(F)F)c2Br)NC1=O. The highest BCUT2D eigenvalue weighted by atomic mass is 79.9. The summed E-state index contributed by atoms with van der Waals surface area (Å²) in [6, 6.07) is 3.57. The number of carboxylic acid groups (broad SMARTS) is 1. The summed E-state index contributed by atoms with van der Waals surface area (Å²) in [5.41, 5.74) is -0.685. The lowest BCUT2D eigenvalue weighted by molar-refractivity contribution is -0.138. The summed E-state index contributed by atoms with van der Waals surface area (Å²) in [6.07, 6.45) is -3.77. The fraction of sp³-hybridized carbons (Fsp3) is 0.231. The molecule has 2 rings (SSSR count). The molecule has 1 unspecified atom stereocenters. The Morgan fingerprint density at radius 3 is 2.79 bits per heavy atom. The lowest BCUT2D eigenvalue weighted by Gasteiger charge is -2.10. The second-order valence-electron chi connectivity index (χ2n) is 4.55. The molecule has 1 heterocycles. The molecule has 6 nitrogen and oxygen atoms in total. The summed E-state index contributed by atoms with van der Waals surface area (Å²) in [7, 11) is 0. The number of hydrogen-bond acceptors (Lipinski definition) is 5. The Balaban J connectivity index is 2.13. The van der Waals surface area contributed by atoms with Crippen LogP contribution in [0.1, 0.15) is 17.5 Å². The molecule has 1 amide bonds. The fourth-order valence-electron chi connectivity index (χ4n) is 1.76. The molecule has 1 aliphatic rings. The summed E-state index contributed by atoms with van der Waals surface area (Å²) in [5.74, 6) is -1.63. The van der Waals surface area contributed by atoms with Gasteiger partial charge in [-0.1, -0.05) is 23.9 Å². The first kappa shape index (κ1) is 18.5. The summed E-state index contributed by atoms with van der Waals surface area (Å²) < 4.78 is 38.2. The average molecular weight is 424 g/mol. The smallest absolute Gasteiger partial charge is 0.417 e. The van der Waals surface area contributed by atoms with Crippen LogP contribution >= 0.6 is 27.7 Å². The molecule has 0 spiro atoms. The maximum absolute atomic E-state index is 12.8. The van der Waals surface area contributed by atoms with Gasteiger partial charge >= 0.3 is 12.1 Å². The predicted octanol–water partition coefficient (Wildman–Crippen LogP) is 2.86. The molecule has 0 aromatic heterocycles. The maximum Gasteiger partial charge on any atom is 0.417 e. The lowest BCUT2D eigenvalue weighted by Crippen LogP contribution is -2.26.